The highest BCUT2D eigenvalue weighted by atomic mass is 19.4. The summed E-state index contributed by atoms with van der Waals surface area (Å²) < 4.78 is 44.0. The molecular weight excluding hydrogens is 383 g/mol. The molecule has 1 aliphatic heterocycles. The number of likely N-dealkylation sites (tertiary alicyclic amines) is 1. The maximum Gasteiger partial charge on any atom is 0.422 e. The molecule has 0 bridgehead atoms. The second-order valence-corrected chi connectivity index (χ2v) is 7.24. The number of guanidine groups is 1. The molecule has 158 valence electrons. The number of ether oxygens (including phenoxy) is 1. The van der Waals surface area contributed by atoms with Crippen LogP contribution in [0.5, 0.6) is 5.75 Å². The molecule has 0 amide bonds. The third kappa shape index (κ3) is 5.88. The van der Waals surface area contributed by atoms with Gasteiger partial charge in [-0.1, -0.05) is 19.1 Å². The molecule has 1 N–H and O–H groups in total. The molecule has 0 aliphatic carbocycles. The summed E-state index contributed by atoms with van der Waals surface area (Å²) in [6, 6.07) is 6.96. The molecule has 1 aromatic heterocycles. The Morgan fingerprint density at radius 2 is 2.21 bits per heavy atom. The molecule has 1 saturated heterocycles. The monoisotopic (exact) mass is 409 g/mol. The van der Waals surface area contributed by atoms with Gasteiger partial charge in [0.2, 0.25) is 0 Å². The van der Waals surface area contributed by atoms with E-state index in [1.165, 1.54) is 6.07 Å². The van der Waals surface area contributed by atoms with Gasteiger partial charge >= 0.3 is 6.18 Å². The van der Waals surface area contributed by atoms with E-state index >= 15 is 0 Å². The van der Waals surface area contributed by atoms with Gasteiger partial charge in [0.05, 0.1) is 12.4 Å². The lowest BCUT2D eigenvalue weighted by atomic mass is 9.93. The normalized spacial score (nSPS) is 20.6. The van der Waals surface area contributed by atoms with Crippen molar-refractivity contribution in [3.63, 3.8) is 0 Å². The fourth-order valence-electron chi connectivity index (χ4n) is 3.52. The summed E-state index contributed by atoms with van der Waals surface area (Å²) in [4.78, 5) is 10.7. The number of nitrogens with one attached hydrogen (secondary N) is 1. The highest BCUT2D eigenvalue weighted by Crippen LogP contribution is 2.27. The summed E-state index contributed by atoms with van der Waals surface area (Å²) in [5, 5.41) is 3.31. The molecule has 0 saturated carbocycles. The molecule has 2 heterocycles. The van der Waals surface area contributed by atoms with Gasteiger partial charge in [0.1, 0.15) is 5.75 Å². The Hall–Kier alpha value is -2.71. The summed E-state index contributed by atoms with van der Waals surface area (Å²) in [5.41, 5.74) is 0.822. The van der Waals surface area contributed by atoms with Crippen molar-refractivity contribution in [1.29, 1.82) is 0 Å². The van der Waals surface area contributed by atoms with Gasteiger partial charge in [-0.3, -0.25) is 4.99 Å². The van der Waals surface area contributed by atoms with Crippen LogP contribution in [0.2, 0.25) is 0 Å². The van der Waals surface area contributed by atoms with Gasteiger partial charge in [0, 0.05) is 39.1 Å². The maximum atomic E-state index is 12.3. The fourth-order valence-corrected chi connectivity index (χ4v) is 3.52. The maximum absolute atomic E-state index is 12.3. The van der Waals surface area contributed by atoms with Gasteiger partial charge in [0.15, 0.2) is 12.6 Å². The van der Waals surface area contributed by atoms with Crippen LogP contribution in [0.25, 0.3) is 0 Å². The molecule has 29 heavy (non-hydrogen) atoms. The summed E-state index contributed by atoms with van der Waals surface area (Å²) in [5.74, 6) is 1.49. The van der Waals surface area contributed by atoms with Gasteiger partial charge in [-0.2, -0.15) is 13.2 Å². The first-order valence-corrected chi connectivity index (χ1v) is 9.57. The minimum absolute atomic E-state index is 0.198. The lowest BCUT2D eigenvalue weighted by molar-refractivity contribution is -0.153. The minimum atomic E-state index is -4.35. The van der Waals surface area contributed by atoms with E-state index in [-0.39, 0.29) is 5.75 Å². The summed E-state index contributed by atoms with van der Waals surface area (Å²) in [6.45, 7) is 3.09. The second kappa shape index (κ2) is 9.19. The van der Waals surface area contributed by atoms with Crippen LogP contribution in [0.15, 0.2) is 48.0 Å². The van der Waals surface area contributed by atoms with Crippen molar-refractivity contribution in [3.8, 4) is 5.75 Å². The summed E-state index contributed by atoms with van der Waals surface area (Å²) >= 11 is 0. The van der Waals surface area contributed by atoms with Crippen LogP contribution in [0, 0.1) is 5.92 Å². The van der Waals surface area contributed by atoms with Crippen LogP contribution in [0.4, 0.5) is 13.2 Å². The number of aromatic nitrogens is 2. The number of aliphatic imine (C=N–C) groups is 1. The SMILES string of the molecule is CN=C(NCc1cccc(OCC(F)(F)F)c1)N1CCC(C)C(n2ccnc2)C1. The third-order valence-electron chi connectivity index (χ3n) is 5.09. The molecule has 1 aliphatic rings. The first kappa shape index (κ1) is 21.0. The average Bonchev–Trinajstić information content (AvgIpc) is 3.22. The van der Waals surface area contributed by atoms with Crippen molar-refractivity contribution in [2.75, 3.05) is 26.7 Å². The van der Waals surface area contributed by atoms with Gasteiger partial charge in [0.25, 0.3) is 0 Å². The Bertz CT molecular complexity index is 807. The topological polar surface area (TPSA) is 54.7 Å². The molecule has 1 aromatic carbocycles. The zero-order valence-electron chi connectivity index (χ0n) is 16.6. The van der Waals surface area contributed by atoms with Gasteiger partial charge in [-0.25, -0.2) is 4.98 Å². The molecule has 0 spiro atoms. The van der Waals surface area contributed by atoms with Crippen LogP contribution in [0.3, 0.4) is 0 Å². The van der Waals surface area contributed by atoms with Gasteiger partial charge in [-0.05, 0) is 30.0 Å². The zero-order chi connectivity index (χ0) is 20.9. The van der Waals surface area contributed by atoms with E-state index in [4.69, 9.17) is 4.74 Å². The van der Waals surface area contributed by atoms with E-state index < -0.39 is 12.8 Å². The zero-order valence-corrected chi connectivity index (χ0v) is 16.6. The van der Waals surface area contributed by atoms with Crippen LogP contribution < -0.4 is 10.1 Å². The lowest BCUT2D eigenvalue weighted by Gasteiger charge is -2.39. The number of imidazole rings is 1. The van der Waals surface area contributed by atoms with Gasteiger partial charge in [-0.15, -0.1) is 0 Å². The van der Waals surface area contributed by atoms with Gasteiger partial charge < -0.3 is 19.5 Å². The highest BCUT2D eigenvalue weighted by Gasteiger charge is 2.29. The number of halogens is 3. The molecule has 3 rings (SSSR count). The predicted molar refractivity (Wildman–Crippen MR) is 105 cm³/mol. The molecular formula is C20H26F3N5O. The number of nitrogens with zero attached hydrogens (tertiary/aromatic N) is 4. The number of hydrogen-bond donors (Lipinski definition) is 1. The first-order valence-electron chi connectivity index (χ1n) is 9.57. The largest absolute Gasteiger partial charge is 0.484 e. The summed E-state index contributed by atoms with van der Waals surface area (Å²) in [6.07, 6.45) is 2.28. The Morgan fingerprint density at radius 3 is 2.90 bits per heavy atom. The quantitative estimate of drug-likeness (QED) is 0.607. The molecule has 2 aromatic rings. The predicted octanol–water partition coefficient (Wildman–Crippen LogP) is 3.48. The Morgan fingerprint density at radius 1 is 1.38 bits per heavy atom. The third-order valence-corrected chi connectivity index (χ3v) is 5.09. The molecule has 0 radical (unpaired) electrons. The van der Waals surface area contributed by atoms with Crippen molar-refractivity contribution >= 4 is 5.96 Å². The number of piperidine rings is 1. The fraction of sp³-hybridized carbons (Fsp3) is 0.500. The van der Waals surface area contributed by atoms with Crippen molar-refractivity contribution in [3.05, 3.63) is 48.5 Å². The van der Waals surface area contributed by atoms with E-state index in [2.05, 4.69) is 31.7 Å². The molecule has 2 unspecified atom stereocenters. The van der Waals surface area contributed by atoms with E-state index in [9.17, 15) is 13.2 Å². The lowest BCUT2D eigenvalue weighted by Crippen LogP contribution is -2.48. The number of hydrogen-bond acceptors (Lipinski definition) is 3. The van der Waals surface area contributed by atoms with E-state index in [0.29, 0.717) is 18.5 Å². The first-order chi connectivity index (χ1) is 13.9. The molecule has 1 fully saturated rings. The molecule has 9 heteroatoms. The van der Waals surface area contributed by atoms with Crippen molar-refractivity contribution in [2.24, 2.45) is 10.9 Å². The second-order valence-electron chi connectivity index (χ2n) is 7.24. The number of alkyl halides is 3. The smallest absolute Gasteiger partial charge is 0.422 e. The van der Waals surface area contributed by atoms with Crippen LogP contribution in [0.1, 0.15) is 24.9 Å². The van der Waals surface area contributed by atoms with Crippen molar-refractivity contribution in [2.45, 2.75) is 32.1 Å². The Balaban J connectivity index is 1.59. The molecule has 6 nitrogen and oxygen atoms in total. The van der Waals surface area contributed by atoms with E-state index in [1.54, 1.807) is 25.4 Å². The van der Waals surface area contributed by atoms with Crippen LogP contribution >= 0.6 is 0 Å². The van der Waals surface area contributed by atoms with E-state index in [1.807, 2.05) is 18.6 Å². The van der Waals surface area contributed by atoms with Crippen molar-refractivity contribution in [1.82, 2.24) is 19.8 Å². The highest BCUT2D eigenvalue weighted by molar-refractivity contribution is 5.80. The van der Waals surface area contributed by atoms with E-state index in [0.717, 1.165) is 31.0 Å². The Kier molecular flexibility index (Phi) is 6.66. The minimum Gasteiger partial charge on any atom is -0.484 e. The Labute approximate surface area is 168 Å². The molecule has 2 atom stereocenters. The summed E-state index contributed by atoms with van der Waals surface area (Å²) in [7, 11) is 1.73. The standard InChI is InChI=1S/C20H26F3N5O/c1-15-6-8-27(12-18(15)28-9-7-25-14-28)19(24-2)26-11-16-4-3-5-17(10-16)29-13-20(21,22)23/h3-5,7,9-10,14-15,18H,6,8,11-13H2,1-2H3,(H,24,26). The van der Waals surface area contributed by atoms with Crippen molar-refractivity contribution < 1.29 is 17.9 Å². The average molecular weight is 409 g/mol. The van der Waals surface area contributed by atoms with Crippen LogP contribution in [-0.2, 0) is 6.54 Å². The number of rotatable bonds is 5. The number of benzene rings is 1. The van der Waals surface area contributed by atoms with Crippen LogP contribution in [-0.4, -0.2) is 53.3 Å².